The van der Waals surface area contributed by atoms with E-state index in [1.807, 2.05) is 19.9 Å². The minimum Gasteiger partial charge on any atom is -0.493 e. The van der Waals surface area contributed by atoms with E-state index in [1.165, 1.54) is 0 Å². The van der Waals surface area contributed by atoms with Crippen LogP contribution in [0.25, 0.3) is 0 Å². The SMILES string of the molecule is COc1cc(/C=N\NC(=O)CC(C)C)cc(Br)c1OC. The fourth-order valence-electron chi connectivity index (χ4n) is 1.61. The molecule has 0 atom stereocenters. The van der Waals surface area contributed by atoms with Gasteiger partial charge in [0.15, 0.2) is 11.5 Å². The predicted molar refractivity (Wildman–Crippen MR) is 82.4 cm³/mol. The lowest BCUT2D eigenvalue weighted by molar-refractivity contribution is -0.121. The van der Waals surface area contributed by atoms with E-state index in [0.29, 0.717) is 23.8 Å². The van der Waals surface area contributed by atoms with Gasteiger partial charge >= 0.3 is 0 Å². The Balaban J connectivity index is 2.78. The van der Waals surface area contributed by atoms with Gasteiger partial charge in [-0.25, -0.2) is 5.43 Å². The van der Waals surface area contributed by atoms with E-state index in [9.17, 15) is 4.79 Å². The molecule has 0 aliphatic rings. The number of rotatable bonds is 6. The molecule has 0 aromatic heterocycles. The van der Waals surface area contributed by atoms with E-state index < -0.39 is 0 Å². The Hall–Kier alpha value is -1.56. The molecule has 1 aromatic carbocycles. The molecule has 1 rings (SSSR count). The van der Waals surface area contributed by atoms with Crippen LogP contribution >= 0.6 is 15.9 Å². The summed E-state index contributed by atoms with van der Waals surface area (Å²) in [4.78, 5) is 11.5. The van der Waals surface area contributed by atoms with Crippen molar-refractivity contribution in [3.05, 3.63) is 22.2 Å². The van der Waals surface area contributed by atoms with Crippen LogP contribution in [0.3, 0.4) is 0 Å². The number of amides is 1. The highest BCUT2D eigenvalue weighted by atomic mass is 79.9. The maximum atomic E-state index is 11.5. The zero-order chi connectivity index (χ0) is 15.1. The molecular formula is C14H19BrN2O3. The van der Waals surface area contributed by atoms with Crippen LogP contribution in [0.4, 0.5) is 0 Å². The third-order valence-electron chi connectivity index (χ3n) is 2.45. The number of hydrogen-bond acceptors (Lipinski definition) is 4. The summed E-state index contributed by atoms with van der Waals surface area (Å²) >= 11 is 3.40. The highest BCUT2D eigenvalue weighted by Gasteiger charge is 2.09. The molecule has 1 amide bonds. The molecule has 0 radical (unpaired) electrons. The number of benzene rings is 1. The molecule has 0 heterocycles. The second-order valence-electron chi connectivity index (χ2n) is 4.63. The van der Waals surface area contributed by atoms with Crippen molar-refractivity contribution < 1.29 is 14.3 Å². The summed E-state index contributed by atoms with van der Waals surface area (Å²) in [5.74, 6) is 1.42. The molecular weight excluding hydrogens is 324 g/mol. The number of hydrazone groups is 1. The zero-order valence-corrected chi connectivity index (χ0v) is 13.7. The second kappa shape index (κ2) is 7.89. The van der Waals surface area contributed by atoms with Crippen molar-refractivity contribution in [3.63, 3.8) is 0 Å². The Kier molecular flexibility index (Phi) is 6.51. The van der Waals surface area contributed by atoms with E-state index in [2.05, 4.69) is 26.5 Å². The smallest absolute Gasteiger partial charge is 0.240 e. The summed E-state index contributed by atoms with van der Waals surface area (Å²) in [7, 11) is 3.14. The maximum Gasteiger partial charge on any atom is 0.240 e. The van der Waals surface area contributed by atoms with Crippen molar-refractivity contribution in [2.45, 2.75) is 20.3 Å². The lowest BCUT2D eigenvalue weighted by Gasteiger charge is -2.10. The monoisotopic (exact) mass is 342 g/mol. The van der Waals surface area contributed by atoms with E-state index >= 15 is 0 Å². The summed E-state index contributed by atoms with van der Waals surface area (Å²) in [6.07, 6.45) is 2.01. The van der Waals surface area contributed by atoms with Crippen molar-refractivity contribution in [3.8, 4) is 11.5 Å². The van der Waals surface area contributed by atoms with Gasteiger partial charge < -0.3 is 9.47 Å². The van der Waals surface area contributed by atoms with Gasteiger partial charge in [-0.1, -0.05) is 13.8 Å². The highest BCUT2D eigenvalue weighted by Crippen LogP contribution is 2.35. The van der Waals surface area contributed by atoms with Gasteiger partial charge in [-0.3, -0.25) is 4.79 Å². The molecule has 0 unspecified atom stereocenters. The minimum atomic E-state index is -0.101. The van der Waals surface area contributed by atoms with Crippen LogP contribution in [0.5, 0.6) is 11.5 Å². The number of ether oxygens (including phenoxy) is 2. The van der Waals surface area contributed by atoms with E-state index in [4.69, 9.17) is 9.47 Å². The highest BCUT2D eigenvalue weighted by molar-refractivity contribution is 9.10. The maximum absolute atomic E-state index is 11.5. The summed E-state index contributed by atoms with van der Waals surface area (Å²) in [6, 6.07) is 3.61. The van der Waals surface area contributed by atoms with Gasteiger partial charge in [0.25, 0.3) is 0 Å². The van der Waals surface area contributed by atoms with Gasteiger partial charge in [-0.2, -0.15) is 5.10 Å². The molecule has 20 heavy (non-hydrogen) atoms. The molecule has 6 heteroatoms. The van der Waals surface area contributed by atoms with Gasteiger partial charge in [0, 0.05) is 6.42 Å². The average Bonchev–Trinajstić information content (AvgIpc) is 2.37. The van der Waals surface area contributed by atoms with Gasteiger partial charge in [-0.05, 0) is 39.5 Å². The summed E-state index contributed by atoms with van der Waals surface area (Å²) in [5.41, 5.74) is 3.28. The summed E-state index contributed by atoms with van der Waals surface area (Å²) < 4.78 is 11.2. The third-order valence-corrected chi connectivity index (χ3v) is 3.04. The molecule has 5 nitrogen and oxygen atoms in total. The number of carbonyl (C=O) groups is 1. The lowest BCUT2D eigenvalue weighted by Crippen LogP contribution is -2.19. The molecule has 0 aliphatic heterocycles. The Bertz CT molecular complexity index is 501. The first-order valence-electron chi connectivity index (χ1n) is 6.21. The normalized spacial score (nSPS) is 10.9. The lowest BCUT2D eigenvalue weighted by atomic mass is 10.1. The molecule has 0 bridgehead atoms. The number of carbonyl (C=O) groups excluding carboxylic acids is 1. The van der Waals surface area contributed by atoms with Crippen LogP contribution in [0.15, 0.2) is 21.7 Å². The Morgan fingerprint density at radius 1 is 1.40 bits per heavy atom. The second-order valence-corrected chi connectivity index (χ2v) is 5.48. The first-order valence-corrected chi connectivity index (χ1v) is 7.00. The predicted octanol–water partition coefficient (Wildman–Crippen LogP) is 2.96. The molecule has 0 saturated carbocycles. The van der Waals surface area contributed by atoms with Crippen LogP contribution in [-0.2, 0) is 4.79 Å². The van der Waals surface area contributed by atoms with Crippen molar-refractivity contribution in [2.24, 2.45) is 11.0 Å². The van der Waals surface area contributed by atoms with Crippen LogP contribution in [0, 0.1) is 5.92 Å². The van der Waals surface area contributed by atoms with Gasteiger partial charge in [0.05, 0.1) is 24.9 Å². The van der Waals surface area contributed by atoms with Crippen molar-refractivity contribution in [2.75, 3.05) is 14.2 Å². The van der Waals surface area contributed by atoms with Crippen molar-refractivity contribution >= 4 is 28.1 Å². The quantitative estimate of drug-likeness (QED) is 0.638. The van der Waals surface area contributed by atoms with Crippen LogP contribution < -0.4 is 14.9 Å². The number of nitrogens with zero attached hydrogens (tertiary/aromatic N) is 1. The van der Waals surface area contributed by atoms with E-state index in [0.717, 1.165) is 10.0 Å². The van der Waals surface area contributed by atoms with E-state index in [1.54, 1.807) is 26.5 Å². The number of halogens is 1. The van der Waals surface area contributed by atoms with Crippen LogP contribution in [0.2, 0.25) is 0 Å². The molecule has 1 aromatic rings. The first-order chi connectivity index (χ1) is 9.47. The van der Waals surface area contributed by atoms with Gasteiger partial charge in [0.1, 0.15) is 0 Å². The van der Waals surface area contributed by atoms with Crippen molar-refractivity contribution in [1.29, 1.82) is 0 Å². The van der Waals surface area contributed by atoms with Gasteiger partial charge in [0.2, 0.25) is 5.91 Å². The number of methoxy groups -OCH3 is 2. The third kappa shape index (κ3) is 4.85. The molecule has 110 valence electrons. The Morgan fingerprint density at radius 3 is 2.65 bits per heavy atom. The molecule has 0 fully saturated rings. The van der Waals surface area contributed by atoms with Crippen LogP contribution in [0.1, 0.15) is 25.8 Å². The average molecular weight is 343 g/mol. The van der Waals surface area contributed by atoms with Gasteiger partial charge in [-0.15, -0.1) is 0 Å². The Labute approximate surface area is 127 Å². The summed E-state index contributed by atoms with van der Waals surface area (Å²) in [5, 5.41) is 3.92. The number of hydrogen-bond donors (Lipinski definition) is 1. The largest absolute Gasteiger partial charge is 0.493 e. The minimum absolute atomic E-state index is 0.101. The molecule has 0 spiro atoms. The molecule has 0 aliphatic carbocycles. The fourth-order valence-corrected chi connectivity index (χ4v) is 2.23. The molecule has 1 N–H and O–H groups in total. The number of nitrogens with one attached hydrogen (secondary N) is 1. The first kappa shape index (κ1) is 16.5. The molecule has 0 saturated heterocycles. The Morgan fingerprint density at radius 2 is 2.10 bits per heavy atom. The fraction of sp³-hybridized carbons (Fsp3) is 0.429. The standard InChI is InChI=1S/C14H19BrN2O3/c1-9(2)5-13(18)17-16-8-10-6-11(15)14(20-4)12(7-10)19-3/h6-9H,5H2,1-4H3,(H,17,18)/b16-8-. The van der Waals surface area contributed by atoms with Crippen molar-refractivity contribution in [1.82, 2.24) is 5.43 Å². The topological polar surface area (TPSA) is 59.9 Å². The zero-order valence-electron chi connectivity index (χ0n) is 12.1. The van der Waals surface area contributed by atoms with E-state index in [-0.39, 0.29) is 5.91 Å². The van der Waals surface area contributed by atoms with Crippen LogP contribution in [-0.4, -0.2) is 26.3 Å². The summed E-state index contributed by atoms with van der Waals surface area (Å²) in [6.45, 7) is 3.96.